The van der Waals surface area contributed by atoms with Crippen LogP contribution in [0.4, 0.5) is 18.0 Å². The summed E-state index contributed by atoms with van der Waals surface area (Å²) in [4.78, 5) is 26.5. The Balaban J connectivity index is 1.84. The molecule has 0 aliphatic carbocycles. The van der Waals surface area contributed by atoms with Crippen LogP contribution in [-0.2, 0) is 15.7 Å². The van der Waals surface area contributed by atoms with Gasteiger partial charge in [-0.05, 0) is 50.6 Å². The molecule has 5 nitrogen and oxygen atoms in total. The number of benzene rings is 2. The largest absolute Gasteiger partial charge is 0.486 e. The van der Waals surface area contributed by atoms with Gasteiger partial charge in [-0.1, -0.05) is 30.3 Å². The van der Waals surface area contributed by atoms with Crippen molar-refractivity contribution in [1.29, 1.82) is 0 Å². The zero-order valence-corrected chi connectivity index (χ0v) is 18.9. The lowest BCUT2D eigenvalue weighted by atomic mass is 9.93. The predicted molar refractivity (Wildman–Crippen MR) is 117 cm³/mol. The summed E-state index contributed by atoms with van der Waals surface area (Å²) in [6.45, 7) is 5.57. The maximum atomic E-state index is 12.9. The van der Waals surface area contributed by atoms with Crippen LogP contribution in [0.1, 0.15) is 57.3 Å². The Morgan fingerprint density at radius 2 is 1.70 bits per heavy atom. The molecule has 0 aromatic heterocycles. The second-order valence-corrected chi connectivity index (χ2v) is 9.10. The minimum Gasteiger partial charge on any atom is -0.486 e. The van der Waals surface area contributed by atoms with Crippen LogP contribution in [0.25, 0.3) is 0 Å². The third-order valence-corrected chi connectivity index (χ3v) is 5.28. The van der Waals surface area contributed by atoms with E-state index in [0.29, 0.717) is 0 Å². The van der Waals surface area contributed by atoms with Crippen LogP contribution < -0.4 is 4.74 Å². The van der Waals surface area contributed by atoms with E-state index >= 15 is 0 Å². The first-order valence-corrected chi connectivity index (χ1v) is 10.8. The highest BCUT2D eigenvalue weighted by molar-refractivity contribution is 5.82. The molecule has 2 aromatic rings. The molecule has 0 bridgehead atoms. The highest BCUT2D eigenvalue weighted by Gasteiger charge is 2.36. The van der Waals surface area contributed by atoms with E-state index in [1.807, 2.05) is 30.3 Å². The minimum atomic E-state index is -4.44. The lowest BCUT2D eigenvalue weighted by Gasteiger charge is -2.37. The molecule has 0 unspecified atom stereocenters. The fourth-order valence-electron chi connectivity index (χ4n) is 3.73. The van der Waals surface area contributed by atoms with Crippen molar-refractivity contribution < 1.29 is 32.2 Å². The fourth-order valence-corrected chi connectivity index (χ4v) is 3.73. The first-order chi connectivity index (χ1) is 15.4. The average molecular weight is 463 g/mol. The van der Waals surface area contributed by atoms with Gasteiger partial charge >= 0.3 is 12.3 Å². The standard InChI is InChI=1S/C25H28F3NO4/c1-24(2,3)33-23(31)29-14-13-20(30)15-19(29)16-22(17-7-5-4-6-8-17)32-21-11-9-18(10-12-21)25(26,27)28/h4-12,19,22H,13-16H2,1-3H3/t19-,22+/m1/s1. The molecule has 8 heteroatoms. The highest BCUT2D eigenvalue weighted by atomic mass is 19.4. The molecule has 0 spiro atoms. The van der Waals surface area contributed by atoms with Crippen molar-refractivity contribution in [3.8, 4) is 5.75 Å². The van der Waals surface area contributed by atoms with Crippen molar-refractivity contribution in [1.82, 2.24) is 4.90 Å². The van der Waals surface area contributed by atoms with Crippen molar-refractivity contribution in [3.63, 3.8) is 0 Å². The van der Waals surface area contributed by atoms with Gasteiger partial charge < -0.3 is 14.4 Å². The van der Waals surface area contributed by atoms with E-state index in [0.717, 1.165) is 17.7 Å². The molecule has 2 atom stereocenters. The van der Waals surface area contributed by atoms with E-state index in [4.69, 9.17) is 9.47 Å². The molecule has 1 heterocycles. The van der Waals surface area contributed by atoms with Gasteiger partial charge in [0, 0.05) is 31.8 Å². The SMILES string of the molecule is CC(C)(C)OC(=O)N1CCC(=O)C[C@@H]1C[C@H](Oc1ccc(C(F)(F)F)cc1)c1ccccc1. The van der Waals surface area contributed by atoms with E-state index in [9.17, 15) is 22.8 Å². The molecular weight excluding hydrogens is 435 g/mol. The van der Waals surface area contributed by atoms with E-state index in [1.165, 1.54) is 12.1 Å². The molecule has 178 valence electrons. The molecule has 1 aliphatic rings. The Labute approximate surface area is 191 Å². The number of likely N-dealkylation sites (tertiary alicyclic amines) is 1. The summed E-state index contributed by atoms with van der Waals surface area (Å²) in [7, 11) is 0. The van der Waals surface area contributed by atoms with Gasteiger partial charge in [0.15, 0.2) is 0 Å². The summed E-state index contributed by atoms with van der Waals surface area (Å²) in [5.41, 5.74) is -0.654. The first kappa shape index (κ1) is 24.6. The van der Waals surface area contributed by atoms with Gasteiger partial charge in [-0.3, -0.25) is 4.79 Å². The number of carbonyl (C=O) groups is 2. The molecule has 0 saturated carbocycles. The van der Waals surface area contributed by atoms with Crippen LogP contribution in [-0.4, -0.2) is 35.0 Å². The third kappa shape index (κ3) is 6.97. The van der Waals surface area contributed by atoms with Crippen molar-refractivity contribution in [2.75, 3.05) is 6.54 Å². The second-order valence-electron chi connectivity index (χ2n) is 9.10. The molecule has 2 aromatic carbocycles. The van der Waals surface area contributed by atoms with Gasteiger partial charge in [0.25, 0.3) is 0 Å². The average Bonchev–Trinajstić information content (AvgIpc) is 2.72. The highest BCUT2D eigenvalue weighted by Crippen LogP contribution is 2.34. The molecule has 1 saturated heterocycles. The van der Waals surface area contributed by atoms with Crippen LogP contribution in [0, 0.1) is 0 Å². The Bertz CT molecular complexity index is 952. The van der Waals surface area contributed by atoms with Crippen molar-refractivity contribution in [2.24, 2.45) is 0 Å². The van der Waals surface area contributed by atoms with E-state index in [2.05, 4.69) is 0 Å². The Morgan fingerprint density at radius 1 is 1.06 bits per heavy atom. The lowest BCUT2D eigenvalue weighted by Crippen LogP contribution is -2.49. The molecule has 0 N–H and O–H groups in total. The zero-order chi connectivity index (χ0) is 24.2. The van der Waals surface area contributed by atoms with Crippen LogP contribution >= 0.6 is 0 Å². The molecule has 1 fully saturated rings. The van der Waals surface area contributed by atoms with Crippen LogP contribution in [0.2, 0.25) is 0 Å². The van der Waals surface area contributed by atoms with Crippen molar-refractivity contribution >= 4 is 11.9 Å². The molecule has 3 rings (SSSR count). The Kier molecular flexibility index (Phi) is 7.34. The maximum Gasteiger partial charge on any atom is 0.416 e. The molecule has 0 radical (unpaired) electrons. The quantitative estimate of drug-likeness (QED) is 0.531. The molecule has 1 aliphatic heterocycles. The number of amides is 1. The van der Waals surface area contributed by atoms with Crippen LogP contribution in [0.3, 0.4) is 0 Å². The van der Waals surface area contributed by atoms with Gasteiger partial charge in [-0.15, -0.1) is 0 Å². The summed E-state index contributed by atoms with van der Waals surface area (Å²) in [6.07, 6.45) is -4.81. The number of alkyl halides is 3. The van der Waals surface area contributed by atoms with Crippen LogP contribution in [0.15, 0.2) is 54.6 Å². The number of carbonyl (C=O) groups excluding carboxylic acids is 2. The number of nitrogens with zero attached hydrogens (tertiary/aromatic N) is 1. The summed E-state index contributed by atoms with van der Waals surface area (Å²) in [5.74, 6) is 0.309. The first-order valence-electron chi connectivity index (χ1n) is 10.8. The minimum absolute atomic E-state index is 0.0427. The van der Waals surface area contributed by atoms with E-state index in [-0.39, 0.29) is 37.3 Å². The number of ether oxygens (including phenoxy) is 2. The van der Waals surface area contributed by atoms with Gasteiger partial charge in [-0.25, -0.2) is 4.79 Å². The summed E-state index contributed by atoms with van der Waals surface area (Å²) >= 11 is 0. The van der Waals surface area contributed by atoms with Gasteiger partial charge in [-0.2, -0.15) is 13.2 Å². The predicted octanol–water partition coefficient (Wildman–Crippen LogP) is 6.18. The Morgan fingerprint density at radius 3 is 2.27 bits per heavy atom. The Hall–Kier alpha value is -3.03. The van der Waals surface area contributed by atoms with Gasteiger partial charge in [0.05, 0.1) is 5.56 Å². The lowest BCUT2D eigenvalue weighted by molar-refractivity contribution is -0.137. The number of ketones is 1. The molecular formula is C25H28F3NO4. The van der Waals surface area contributed by atoms with E-state index in [1.54, 1.807) is 25.7 Å². The molecule has 33 heavy (non-hydrogen) atoms. The second kappa shape index (κ2) is 9.85. The normalized spacial score (nSPS) is 18.1. The van der Waals surface area contributed by atoms with Gasteiger partial charge in [0.2, 0.25) is 0 Å². The van der Waals surface area contributed by atoms with Crippen molar-refractivity contribution in [2.45, 2.75) is 64.0 Å². The maximum absolute atomic E-state index is 12.9. The van der Waals surface area contributed by atoms with Crippen LogP contribution in [0.5, 0.6) is 5.75 Å². The number of Topliss-reactive ketones (excluding diaryl/α,β-unsaturated/α-hetero) is 1. The zero-order valence-electron chi connectivity index (χ0n) is 18.9. The summed E-state index contributed by atoms with van der Waals surface area (Å²) in [6, 6.07) is 13.2. The van der Waals surface area contributed by atoms with E-state index < -0.39 is 35.6 Å². The fraction of sp³-hybridized carbons (Fsp3) is 0.440. The number of hydrogen-bond donors (Lipinski definition) is 0. The number of piperidine rings is 1. The summed E-state index contributed by atoms with van der Waals surface area (Å²) in [5, 5.41) is 0. The number of hydrogen-bond acceptors (Lipinski definition) is 4. The topological polar surface area (TPSA) is 55.8 Å². The smallest absolute Gasteiger partial charge is 0.416 e. The number of rotatable bonds is 5. The third-order valence-electron chi connectivity index (χ3n) is 5.28. The monoisotopic (exact) mass is 463 g/mol. The molecule has 1 amide bonds. The summed E-state index contributed by atoms with van der Waals surface area (Å²) < 4.78 is 50.3. The van der Waals surface area contributed by atoms with Gasteiger partial charge in [0.1, 0.15) is 23.2 Å². The number of halogens is 3. The van der Waals surface area contributed by atoms with Crippen molar-refractivity contribution in [3.05, 3.63) is 65.7 Å².